The van der Waals surface area contributed by atoms with Gasteiger partial charge in [-0.1, -0.05) is 31.2 Å². The van der Waals surface area contributed by atoms with E-state index in [2.05, 4.69) is 41.1 Å². The molecule has 2 aliphatic rings. The molecule has 146 valence electrons. The minimum atomic E-state index is -0.189. The Morgan fingerprint density at radius 3 is 2.75 bits per heavy atom. The molecule has 2 atom stereocenters. The van der Waals surface area contributed by atoms with Gasteiger partial charge < -0.3 is 16.0 Å². The summed E-state index contributed by atoms with van der Waals surface area (Å²) in [6, 6.07) is 13.9. The Morgan fingerprint density at radius 1 is 1.04 bits per heavy atom. The lowest BCUT2D eigenvalue weighted by Gasteiger charge is -2.25. The average Bonchev–Trinajstić information content (AvgIpc) is 2.95. The summed E-state index contributed by atoms with van der Waals surface area (Å²) in [6.45, 7) is 2.21. The summed E-state index contributed by atoms with van der Waals surface area (Å²) >= 11 is 0. The van der Waals surface area contributed by atoms with Crippen molar-refractivity contribution in [1.82, 2.24) is 5.32 Å². The van der Waals surface area contributed by atoms with Crippen molar-refractivity contribution in [2.75, 3.05) is 10.6 Å². The average molecular weight is 377 g/mol. The Balaban J connectivity index is 1.49. The van der Waals surface area contributed by atoms with Gasteiger partial charge in [-0.3, -0.25) is 4.79 Å². The maximum absolute atomic E-state index is 12.7. The molecule has 0 saturated heterocycles. The van der Waals surface area contributed by atoms with E-state index in [-0.39, 0.29) is 18.0 Å². The number of urea groups is 1. The Bertz CT molecular complexity index is 893. The molecule has 5 heteroatoms. The highest BCUT2D eigenvalue weighted by Gasteiger charge is 2.26. The Morgan fingerprint density at radius 2 is 1.86 bits per heavy atom. The van der Waals surface area contributed by atoms with Crippen molar-refractivity contribution in [3.63, 3.8) is 0 Å². The van der Waals surface area contributed by atoms with Crippen LogP contribution in [-0.4, -0.2) is 11.9 Å². The van der Waals surface area contributed by atoms with Crippen LogP contribution in [0, 0.1) is 5.92 Å². The number of carbonyl (C=O) groups excluding carboxylic acids is 2. The molecule has 28 heavy (non-hydrogen) atoms. The van der Waals surface area contributed by atoms with Crippen LogP contribution in [0.15, 0.2) is 42.5 Å². The zero-order chi connectivity index (χ0) is 19.5. The number of fused-ring (bicyclic) bond motifs is 2. The second-order valence-corrected chi connectivity index (χ2v) is 7.92. The normalized spacial score (nSPS) is 21.4. The quantitative estimate of drug-likeness (QED) is 0.658. The Kier molecular flexibility index (Phi) is 5.33. The predicted octanol–water partition coefficient (Wildman–Crippen LogP) is 4.80. The van der Waals surface area contributed by atoms with Crippen molar-refractivity contribution in [2.24, 2.45) is 5.92 Å². The molecule has 1 aliphatic heterocycles. The standard InChI is InChI=1S/C23H27N3O2/c1-15-6-4-8-16-7-2-3-10-19(16)22(15)26-23(28)24-18-12-13-20-17(14-18)9-5-11-21(27)25-20/h2-3,7,10,12-15,22H,4-6,8-9,11H2,1H3,(H,25,27)(H2,24,26,28). The minimum absolute atomic E-state index is 0.0128. The molecule has 0 saturated carbocycles. The van der Waals surface area contributed by atoms with Crippen LogP contribution < -0.4 is 16.0 Å². The van der Waals surface area contributed by atoms with Crippen LogP contribution >= 0.6 is 0 Å². The smallest absolute Gasteiger partial charge is 0.319 e. The third kappa shape index (κ3) is 4.03. The van der Waals surface area contributed by atoms with Crippen molar-refractivity contribution < 1.29 is 9.59 Å². The van der Waals surface area contributed by atoms with Crippen molar-refractivity contribution >= 4 is 23.3 Å². The molecule has 5 nitrogen and oxygen atoms in total. The molecule has 1 heterocycles. The van der Waals surface area contributed by atoms with E-state index in [9.17, 15) is 9.59 Å². The monoisotopic (exact) mass is 377 g/mol. The van der Waals surface area contributed by atoms with Gasteiger partial charge in [0.15, 0.2) is 0 Å². The topological polar surface area (TPSA) is 70.2 Å². The second kappa shape index (κ2) is 8.05. The van der Waals surface area contributed by atoms with E-state index < -0.39 is 0 Å². The lowest BCUT2D eigenvalue weighted by Crippen LogP contribution is -2.35. The zero-order valence-electron chi connectivity index (χ0n) is 16.3. The highest BCUT2D eigenvalue weighted by atomic mass is 16.2. The molecule has 0 fully saturated rings. The first-order chi connectivity index (χ1) is 13.6. The van der Waals surface area contributed by atoms with E-state index in [0.29, 0.717) is 12.3 Å². The molecule has 3 amide bonds. The third-order valence-corrected chi connectivity index (χ3v) is 5.84. The Labute approximate surface area is 165 Å². The molecular weight excluding hydrogens is 350 g/mol. The van der Waals surface area contributed by atoms with Crippen molar-refractivity contribution in [1.29, 1.82) is 0 Å². The van der Waals surface area contributed by atoms with Gasteiger partial charge in [-0.05, 0) is 72.9 Å². The fourth-order valence-electron chi connectivity index (χ4n) is 4.33. The van der Waals surface area contributed by atoms with Crippen molar-refractivity contribution in [3.05, 3.63) is 59.2 Å². The van der Waals surface area contributed by atoms with Crippen LogP contribution in [-0.2, 0) is 17.6 Å². The fraction of sp³-hybridized carbons (Fsp3) is 0.391. The van der Waals surface area contributed by atoms with Crippen LogP contribution in [0.1, 0.15) is 55.3 Å². The van der Waals surface area contributed by atoms with Gasteiger partial charge >= 0.3 is 6.03 Å². The van der Waals surface area contributed by atoms with E-state index in [1.54, 1.807) is 0 Å². The number of carbonyl (C=O) groups is 2. The van der Waals surface area contributed by atoms with Gasteiger partial charge in [-0.2, -0.15) is 0 Å². The summed E-state index contributed by atoms with van der Waals surface area (Å²) in [4.78, 5) is 24.4. The van der Waals surface area contributed by atoms with Gasteiger partial charge in [-0.25, -0.2) is 4.79 Å². The molecular formula is C23H27N3O2. The summed E-state index contributed by atoms with van der Waals surface area (Å²) < 4.78 is 0. The van der Waals surface area contributed by atoms with Gasteiger partial charge in [0, 0.05) is 17.8 Å². The first-order valence-electron chi connectivity index (χ1n) is 10.2. The summed E-state index contributed by atoms with van der Waals surface area (Å²) in [6.07, 6.45) is 5.50. The van der Waals surface area contributed by atoms with E-state index in [1.165, 1.54) is 11.1 Å². The van der Waals surface area contributed by atoms with Crippen molar-refractivity contribution in [3.8, 4) is 0 Å². The summed E-state index contributed by atoms with van der Waals surface area (Å²) in [5.41, 5.74) is 5.23. The lowest BCUT2D eigenvalue weighted by atomic mass is 9.92. The molecule has 2 aromatic carbocycles. The van der Waals surface area contributed by atoms with Gasteiger partial charge in [0.2, 0.25) is 5.91 Å². The molecule has 4 rings (SSSR count). The van der Waals surface area contributed by atoms with Crippen LogP contribution in [0.2, 0.25) is 0 Å². The fourth-order valence-corrected chi connectivity index (χ4v) is 4.33. The molecule has 2 unspecified atom stereocenters. The summed E-state index contributed by atoms with van der Waals surface area (Å²) in [7, 11) is 0. The molecule has 0 radical (unpaired) electrons. The van der Waals surface area contributed by atoms with Crippen LogP contribution in [0.25, 0.3) is 0 Å². The number of anilines is 2. The predicted molar refractivity (Wildman–Crippen MR) is 111 cm³/mol. The Hall–Kier alpha value is -2.82. The number of hydrogen-bond acceptors (Lipinski definition) is 2. The molecule has 0 bridgehead atoms. The zero-order valence-corrected chi connectivity index (χ0v) is 16.3. The number of benzene rings is 2. The van der Waals surface area contributed by atoms with Crippen molar-refractivity contribution in [2.45, 2.75) is 51.5 Å². The van der Waals surface area contributed by atoms with Gasteiger partial charge in [0.25, 0.3) is 0 Å². The number of amides is 3. The SMILES string of the molecule is CC1CCCc2ccccc2C1NC(=O)Nc1ccc2c(c1)CCCC(=O)N2. The first kappa shape index (κ1) is 18.5. The summed E-state index contributed by atoms with van der Waals surface area (Å²) in [5.74, 6) is 0.440. The number of hydrogen-bond donors (Lipinski definition) is 3. The molecule has 0 aromatic heterocycles. The number of aryl methyl sites for hydroxylation is 2. The molecule has 2 aromatic rings. The molecule has 0 spiro atoms. The summed E-state index contributed by atoms with van der Waals surface area (Å²) in [5, 5.41) is 9.10. The second-order valence-electron chi connectivity index (χ2n) is 7.92. The maximum atomic E-state index is 12.7. The highest BCUT2D eigenvalue weighted by molar-refractivity contribution is 5.94. The van der Waals surface area contributed by atoms with E-state index in [4.69, 9.17) is 0 Å². The van der Waals surface area contributed by atoms with Crippen LogP contribution in [0.4, 0.5) is 16.2 Å². The number of rotatable bonds is 2. The largest absolute Gasteiger partial charge is 0.331 e. The maximum Gasteiger partial charge on any atom is 0.319 e. The van der Waals surface area contributed by atoms with E-state index >= 15 is 0 Å². The number of nitrogens with one attached hydrogen (secondary N) is 3. The molecule has 1 aliphatic carbocycles. The first-order valence-corrected chi connectivity index (χ1v) is 10.2. The third-order valence-electron chi connectivity index (χ3n) is 5.84. The lowest BCUT2D eigenvalue weighted by molar-refractivity contribution is -0.116. The van der Waals surface area contributed by atoms with Crippen LogP contribution in [0.3, 0.4) is 0 Å². The van der Waals surface area contributed by atoms with Crippen LogP contribution in [0.5, 0.6) is 0 Å². The van der Waals surface area contributed by atoms with E-state index in [1.807, 2.05) is 24.3 Å². The molecule has 3 N–H and O–H groups in total. The minimum Gasteiger partial charge on any atom is -0.331 e. The highest BCUT2D eigenvalue weighted by Crippen LogP contribution is 2.33. The van der Waals surface area contributed by atoms with E-state index in [0.717, 1.165) is 49.0 Å². The van der Waals surface area contributed by atoms with Gasteiger partial charge in [0.05, 0.1) is 6.04 Å². The van der Waals surface area contributed by atoms with Gasteiger partial charge in [-0.15, -0.1) is 0 Å². The van der Waals surface area contributed by atoms with Gasteiger partial charge in [0.1, 0.15) is 0 Å².